The minimum Gasteiger partial charge on any atom is -0.350 e. The molecular weight excluding hydrogens is 311 g/mol. The van der Waals surface area contributed by atoms with Gasteiger partial charge >= 0.3 is 0 Å². The molecule has 0 radical (unpaired) electrons. The molecule has 3 aromatic rings. The van der Waals surface area contributed by atoms with Gasteiger partial charge in [-0.15, -0.1) is 0 Å². The van der Waals surface area contributed by atoms with E-state index in [1.165, 1.54) is 16.8 Å². The molecule has 0 spiro atoms. The molecule has 1 aliphatic heterocycles. The minimum atomic E-state index is -0.120. The fourth-order valence-corrected chi connectivity index (χ4v) is 3.90. The molecule has 0 bridgehead atoms. The number of halogens is 1. The van der Waals surface area contributed by atoms with Crippen LogP contribution in [-0.4, -0.2) is 16.0 Å². The quantitative estimate of drug-likeness (QED) is 0.659. The Kier molecular flexibility index (Phi) is 4.41. The summed E-state index contributed by atoms with van der Waals surface area (Å²) in [6, 6.07) is 20.1. The zero-order valence-corrected chi connectivity index (χ0v) is 14.5. The number of benzene rings is 2. The minimum absolute atomic E-state index is 0.120. The third-order valence-corrected chi connectivity index (χ3v) is 5.17. The van der Waals surface area contributed by atoms with Crippen molar-refractivity contribution in [2.75, 3.05) is 6.54 Å². The molecule has 0 saturated heterocycles. The van der Waals surface area contributed by atoms with E-state index in [1.54, 1.807) is 12.1 Å². The highest BCUT2D eigenvalue weighted by molar-refractivity contribution is 5.36. The first-order valence-electron chi connectivity index (χ1n) is 8.92. The van der Waals surface area contributed by atoms with Crippen molar-refractivity contribution >= 4 is 0 Å². The highest BCUT2D eigenvalue weighted by Crippen LogP contribution is 2.34. The number of nitrogens with zero attached hydrogens (tertiary/aromatic N) is 2. The first-order valence-corrected chi connectivity index (χ1v) is 8.92. The summed E-state index contributed by atoms with van der Waals surface area (Å²) in [5, 5.41) is 0. The van der Waals surface area contributed by atoms with Crippen LogP contribution in [0.4, 0.5) is 4.39 Å². The largest absolute Gasteiger partial charge is 0.350 e. The van der Waals surface area contributed by atoms with Gasteiger partial charge in [0.2, 0.25) is 0 Å². The standard InChI is InChI=1S/C22H23FN2/c1-17-8-2-4-10-19(17)22-21-12-6-13-24(21)14-7-15-25(22)16-18-9-3-5-11-20(18)23/h2-6,8-13,22H,7,14-16H2,1H3/t22-/m0/s1. The summed E-state index contributed by atoms with van der Waals surface area (Å²) in [7, 11) is 0. The van der Waals surface area contributed by atoms with Crippen molar-refractivity contribution in [1.82, 2.24) is 9.47 Å². The number of hydrogen-bond donors (Lipinski definition) is 0. The molecule has 4 rings (SSSR count). The van der Waals surface area contributed by atoms with Crippen LogP contribution in [0.1, 0.15) is 34.8 Å². The molecule has 1 atom stereocenters. The maximum Gasteiger partial charge on any atom is 0.127 e. The lowest BCUT2D eigenvalue weighted by Crippen LogP contribution is -2.30. The third-order valence-electron chi connectivity index (χ3n) is 5.17. The van der Waals surface area contributed by atoms with Crippen LogP contribution < -0.4 is 0 Å². The van der Waals surface area contributed by atoms with E-state index in [9.17, 15) is 4.39 Å². The summed E-state index contributed by atoms with van der Waals surface area (Å²) >= 11 is 0. The first kappa shape index (κ1) is 16.1. The average molecular weight is 334 g/mol. The van der Waals surface area contributed by atoms with Crippen molar-refractivity contribution in [3.63, 3.8) is 0 Å². The summed E-state index contributed by atoms with van der Waals surface area (Å²) in [6.45, 7) is 4.75. The molecule has 0 fully saturated rings. The monoisotopic (exact) mass is 334 g/mol. The number of aromatic nitrogens is 1. The van der Waals surface area contributed by atoms with Gasteiger partial charge in [-0.05, 0) is 42.7 Å². The lowest BCUT2D eigenvalue weighted by atomic mass is 9.96. The van der Waals surface area contributed by atoms with Crippen molar-refractivity contribution in [2.45, 2.75) is 32.5 Å². The second-order valence-electron chi connectivity index (χ2n) is 6.80. The molecule has 1 aliphatic rings. The van der Waals surface area contributed by atoms with Gasteiger partial charge in [0, 0.05) is 37.1 Å². The first-order chi connectivity index (χ1) is 12.2. The summed E-state index contributed by atoms with van der Waals surface area (Å²) in [6.07, 6.45) is 3.23. The van der Waals surface area contributed by atoms with Crippen LogP contribution in [0.5, 0.6) is 0 Å². The Hall–Kier alpha value is -2.39. The smallest absolute Gasteiger partial charge is 0.127 e. The molecule has 0 saturated carbocycles. The number of aryl methyl sites for hydroxylation is 2. The van der Waals surface area contributed by atoms with Crippen molar-refractivity contribution in [1.29, 1.82) is 0 Å². The molecule has 2 heterocycles. The van der Waals surface area contributed by atoms with Gasteiger partial charge in [0.1, 0.15) is 5.82 Å². The molecule has 1 aromatic heterocycles. The van der Waals surface area contributed by atoms with Crippen LogP contribution in [0.25, 0.3) is 0 Å². The Morgan fingerprint density at radius 3 is 2.60 bits per heavy atom. The molecule has 0 N–H and O–H groups in total. The topological polar surface area (TPSA) is 8.17 Å². The Morgan fingerprint density at radius 1 is 0.960 bits per heavy atom. The summed E-state index contributed by atoms with van der Waals surface area (Å²) < 4.78 is 16.6. The van der Waals surface area contributed by atoms with Gasteiger partial charge in [0.05, 0.1) is 6.04 Å². The van der Waals surface area contributed by atoms with Crippen molar-refractivity contribution in [3.05, 3.63) is 95.1 Å². The third kappa shape index (κ3) is 3.12. The Balaban J connectivity index is 1.78. The number of fused-ring (bicyclic) bond motifs is 1. The molecule has 25 heavy (non-hydrogen) atoms. The molecule has 128 valence electrons. The van der Waals surface area contributed by atoms with Crippen molar-refractivity contribution in [2.24, 2.45) is 0 Å². The van der Waals surface area contributed by atoms with E-state index in [0.29, 0.717) is 6.54 Å². The van der Waals surface area contributed by atoms with Gasteiger partial charge in [-0.3, -0.25) is 4.90 Å². The van der Waals surface area contributed by atoms with Gasteiger partial charge in [0.15, 0.2) is 0 Å². The Morgan fingerprint density at radius 2 is 1.76 bits per heavy atom. The van der Waals surface area contributed by atoms with Gasteiger partial charge < -0.3 is 4.57 Å². The van der Waals surface area contributed by atoms with E-state index in [0.717, 1.165) is 25.1 Å². The Bertz CT molecular complexity index is 868. The summed E-state index contributed by atoms with van der Waals surface area (Å²) in [5.74, 6) is -0.120. The molecular formula is C22H23FN2. The predicted octanol–water partition coefficient (Wildman–Crippen LogP) is 4.93. The fraction of sp³-hybridized carbons (Fsp3) is 0.273. The second kappa shape index (κ2) is 6.85. The van der Waals surface area contributed by atoms with Crippen molar-refractivity contribution in [3.8, 4) is 0 Å². The van der Waals surface area contributed by atoms with Crippen LogP contribution in [-0.2, 0) is 13.1 Å². The number of rotatable bonds is 3. The van der Waals surface area contributed by atoms with Gasteiger partial charge in [-0.1, -0.05) is 42.5 Å². The molecule has 2 aromatic carbocycles. The van der Waals surface area contributed by atoms with E-state index in [2.05, 4.69) is 59.0 Å². The van der Waals surface area contributed by atoms with Gasteiger partial charge in [-0.2, -0.15) is 0 Å². The van der Waals surface area contributed by atoms with Gasteiger partial charge in [0.25, 0.3) is 0 Å². The van der Waals surface area contributed by atoms with Gasteiger partial charge in [-0.25, -0.2) is 4.39 Å². The molecule has 0 unspecified atom stereocenters. The lowest BCUT2D eigenvalue weighted by Gasteiger charge is -2.31. The van der Waals surface area contributed by atoms with Crippen LogP contribution in [0.15, 0.2) is 66.9 Å². The van der Waals surface area contributed by atoms with Crippen LogP contribution in [0.2, 0.25) is 0 Å². The van der Waals surface area contributed by atoms with E-state index in [-0.39, 0.29) is 11.9 Å². The second-order valence-corrected chi connectivity index (χ2v) is 6.80. The molecule has 0 amide bonds. The summed E-state index contributed by atoms with van der Waals surface area (Å²) in [5.41, 5.74) is 4.64. The maximum atomic E-state index is 14.3. The summed E-state index contributed by atoms with van der Waals surface area (Å²) in [4.78, 5) is 2.42. The SMILES string of the molecule is Cc1ccccc1[C@H]1c2cccn2CCCN1Cc1ccccc1F. The fourth-order valence-electron chi connectivity index (χ4n) is 3.90. The highest BCUT2D eigenvalue weighted by atomic mass is 19.1. The molecule has 2 nitrogen and oxygen atoms in total. The zero-order chi connectivity index (χ0) is 17.2. The van der Waals surface area contributed by atoms with E-state index < -0.39 is 0 Å². The lowest BCUT2D eigenvalue weighted by molar-refractivity contribution is 0.217. The maximum absolute atomic E-state index is 14.3. The van der Waals surface area contributed by atoms with E-state index >= 15 is 0 Å². The van der Waals surface area contributed by atoms with Crippen molar-refractivity contribution < 1.29 is 4.39 Å². The molecule has 0 aliphatic carbocycles. The normalized spacial score (nSPS) is 17.9. The van der Waals surface area contributed by atoms with E-state index in [1.807, 2.05) is 12.1 Å². The zero-order valence-electron chi connectivity index (χ0n) is 14.5. The van der Waals surface area contributed by atoms with Crippen LogP contribution in [0, 0.1) is 12.7 Å². The highest BCUT2D eigenvalue weighted by Gasteiger charge is 2.28. The average Bonchev–Trinajstić information content (AvgIpc) is 3.00. The van der Waals surface area contributed by atoms with E-state index in [4.69, 9.17) is 0 Å². The van der Waals surface area contributed by atoms with Crippen LogP contribution in [0.3, 0.4) is 0 Å². The predicted molar refractivity (Wildman–Crippen MR) is 98.9 cm³/mol. The molecule has 3 heteroatoms. The Labute approximate surface area is 148 Å². The number of hydrogen-bond acceptors (Lipinski definition) is 1. The van der Waals surface area contributed by atoms with Crippen LogP contribution >= 0.6 is 0 Å².